The number of benzene rings is 1. The molecule has 0 radical (unpaired) electrons. The second kappa shape index (κ2) is 8.81. The van der Waals surface area contributed by atoms with Crippen LogP contribution in [0, 0.1) is 0 Å². The van der Waals surface area contributed by atoms with Gasteiger partial charge in [0, 0.05) is 17.8 Å². The fourth-order valence-electron chi connectivity index (χ4n) is 1.60. The molecule has 1 heterocycles. The van der Waals surface area contributed by atoms with Crippen molar-refractivity contribution < 1.29 is 14.4 Å². The van der Waals surface area contributed by atoms with Crippen molar-refractivity contribution in [2.75, 3.05) is 11.9 Å². The summed E-state index contributed by atoms with van der Waals surface area (Å²) in [7, 11) is 0. The van der Waals surface area contributed by atoms with Crippen LogP contribution in [0.1, 0.15) is 26.7 Å². The molecule has 0 aliphatic heterocycles. The van der Waals surface area contributed by atoms with E-state index >= 15 is 0 Å². The molecule has 0 saturated heterocycles. The number of nitrogens with one attached hydrogen (secondary N) is 1. The van der Waals surface area contributed by atoms with Gasteiger partial charge in [0.1, 0.15) is 5.75 Å². The van der Waals surface area contributed by atoms with E-state index in [0.717, 1.165) is 5.33 Å². The Kier molecular flexibility index (Phi) is 7.40. The molecule has 0 amide bonds. The Morgan fingerprint density at radius 1 is 1.40 bits per heavy atom. The van der Waals surface area contributed by atoms with Gasteiger partial charge in [0.15, 0.2) is 5.58 Å². The smallest absolute Gasteiger partial charge is 0.287 e. The van der Waals surface area contributed by atoms with E-state index in [9.17, 15) is 9.90 Å². The van der Waals surface area contributed by atoms with Gasteiger partial charge >= 0.3 is 0 Å². The number of aromatic amines is 1. The first-order valence-corrected chi connectivity index (χ1v) is 7.81. The van der Waals surface area contributed by atoms with Crippen LogP contribution in [0.15, 0.2) is 27.5 Å². The first kappa shape index (κ1) is 16.8. The van der Waals surface area contributed by atoms with Crippen LogP contribution in [0.3, 0.4) is 0 Å². The second-order valence-electron chi connectivity index (χ2n) is 3.96. The van der Waals surface area contributed by atoms with E-state index in [1.165, 1.54) is 0 Å². The molecule has 0 aliphatic carbocycles. The van der Waals surface area contributed by atoms with Gasteiger partial charge in [0.2, 0.25) is 0 Å². The molecule has 20 heavy (non-hydrogen) atoms. The number of halogens is 1. The van der Waals surface area contributed by atoms with Gasteiger partial charge in [0.25, 0.3) is 5.56 Å². The van der Waals surface area contributed by atoms with Gasteiger partial charge in [-0.25, -0.2) is 0 Å². The first-order chi connectivity index (χ1) is 9.70. The highest BCUT2D eigenvalue weighted by Gasteiger charge is 2.06. The lowest BCUT2D eigenvalue weighted by Crippen LogP contribution is -2.12. The minimum atomic E-state index is -0.363. The highest BCUT2D eigenvalue weighted by atomic mass is 79.9. The largest absolute Gasteiger partial charge is 0.493 e. The molecule has 0 saturated carbocycles. The van der Waals surface area contributed by atoms with E-state index in [4.69, 9.17) is 9.26 Å². The monoisotopic (exact) mass is 345 g/mol. The topological polar surface area (TPSA) is 75.5 Å². The van der Waals surface area contributed by atoms with Crippen molar-refractivity contribution in [3.63, 3.8) is 0 Å². The Balaban J connectivity index is 0.000000956. The molecule has 2 N–H and O–H groups in total. The lowest BCUT2D eigenvalue weighted by molar-refractivity contribution is 0.137. The molecule has 1 aromatic heterocycles. The Labute approximate surface area is 126 Å². The predicted octanol–water partition coefficient (Wildman–Crippen LogP) is 3.06. The first-order valence-electron chi connectivity index (χ1n) is 6.69. The third kappa shape index (κ3) is 4.68. The summed E-state index contributed by atoms with van der Waals surface area (Å²) in [6.45, 7) is 4.42. The van der Waals surface area contributed by atoms with Crippen molar-refractivity contribution in [3.05, 3.63) is 28.6 Å². The molecule has 6 heteroatoms. The van der Waals surface area contributed by atoms with Gasteiger partial charge in [-0.15, -0.1) is 0 Å². The van der Waals surface area contributed by atoms with E-state index in [2.05, 4.69) is 21.1 Å². The maximum Gasteiger partial charge on any atom is 0.287 e. The molecule has 2 aromatic rings. The molecule has 1 aromatic carbocycles. The lowest BCUT2D eigenvalue weighted by atomic mass is 10.2. The van der Waals surface area contributed by atoms with E-state index in [1.54, 1.807) is 18.2 Å². The van der Waals surface area contributed by atoms with Gasteiger partial charge < -0.3 is 14.4 Å². The molecular weight excluding hydrogens is 326 g/mol. The average molecular weight is 346 g/mol. The molecule has 5 nitrogen and oxygen atoms in total. The van der Waals surface area contributed by atoms with Crippen LogP contribution in [-0.4, -0.2) is 28.3 Å². The summed E-state index contributed by atoms with van der Waals surface area (Å²) in [5.74, 6) is 0.622. The molecule has 0 bridgehead atoms. The summed E-state index contributed by atoms with van der Waals surface area (Å²) < 4.78 is 10.5. The summed E-state index contributed by atoms with van der Waals surface area (Å²) in [6, 6.07) is 5.02. The van der Waals surface area contributed by atoms with Crippen LogP contribution < -0.4 is 10.3 Å². The van der Waals surface area contributed by atoms with Gasteiger partial charge in [-0.05, 0) is 18.6 Å². The third-order valence-electron chi connectivity index (χ3n) is 2.61. The minimum absolute atomic E-state index is 0.246. The molecule has 1 unspecified atom stereocenters. The Hall–Kier alpha value is -1.27. The van der Waals surface area contributed by atoms with Gasteiger partial charge in [-0.2, -0.15) is 5.16 Å². The Morgan fingerprint density at radius 2 is 2.15 bits per heavy atom. The normalized spacial score (nSPS) is 11.8. The SMILES string of the molecule is CC.O=c1[nH]oc2cc(OCCC(O)CCBr)ccc12. The van der Waals surface area contributed by atoms with Gasteiger partial charge in [0.05, 0.1) is 18.1 Å². The van der Waals surface area contributed by atoms with E-state index in [1.807, 2.05) is 13.8 Å². The van der Waals surface area contributed by atoms with Crippen LogP contribution in [0.25, 0.3) is 11.0 Å². The number of aliphatic hydroxyl groups excluding tert-OH is 1. The van der Waals surface area contributed by atoms with Gasteiger partial charge in [-0.3, -0.25) is 4.79 Å². The highest BCUT2D eigenvalue weighted by Crippen LogP contribution is 2.18. The molecule has 0 spiro atoms. The van der Waals surface area contributed by atoms with Crippen LogP contribution in [0.4, 0.5) is 0 Å². The summed E-state index contributed by atoms with van der Waals surface area (Å²) in [5.41, 5.74) is 0.225. The van der Waals surface area contributed by atoms with E-state index in [-0.39, 0.29) is 11.7 Å². The number of H-pyrrole nitrogens is 1. The van der Waals surface area contributed by atoms with Crippen molar-refractivity contribution in [1.82, 2.24) is 5.16 Å². The van der Waals surface area contributed by atoms with E-state index < -0.39 is 0 Å². The van der Waals surface area contributed by atoms with Crippen molar-refractivity contribution in [1.29, 1.82) is 0 Å². The van der Waals surface area contributed by atoms with Crippen molar-refractivity contribution in [3.8, 4) is 5.75 Å². The fraction of sp³-hybridized carbons (Fsp3) is 0.500. The van der Waals surface area contributed by atoms with Crippen molar-refractivity contribution in [2.24, 2.45) is 0 Å². The average Bonchev–Trinajstić information content (AvgIpc) is 2.83. The third-order valence-corrected chi connectivity index (χ3v) is 3.07. The summed E-state index contributed by atoms with van der Waals surface area (Å²) in [6.07, 6.45) is 0.911. The van der Waals surface area contributed by atoms with Crippen LogP contribution in [-0.2, 0) is 0 Å². The zero-order valence-corrected chi connectivity index (χ0v) is 13.3. The summed E-state index contributed by atoms with van der Waals surface area (Å²) >= 11 is 3.27. The van der Waals surface area contributed by atoms with Crippen LogP contribution >= 0.6 is 15.9 Å². The Morgan fingerprint density at radius 3 is 2.85 bits per heavy atom. The molecule has 2 rings (SSSR count). The zero-order chi connectivity index (χ0) is 15.0. The number of hydrogen-bond acceptors (Lipinski definition) is 4. The number of ether oxygens (including phenoxy) is 1. The maximum absolute atomic E-state index is 11.2. The molecule has 0 aliphatic rings. The molecule has 1 atom stereocenters. The molecule has 112 valence electrons. The fourth-order valence-corrected chi connectivity index (χ4v) is 2.13. The summed E-state index contributed by atoms with van der Waals surface area (Å²) in [4.78, 5) is 11.2. The van der Waals surface area contributed by atoms with Crippen molar-refractivity contribution >= 4 is 26.9 Å². The van der Waals surface area contributed by atoms with Crippen molar-refractivity contribution in [2.45, 2.75) is 32.8 Å². The lowest BCUT2D eigenvalue weighted by Gasteiger charge is -2.09. The predicted molar refractivity (Wildman–Crippen MR) is 82.7 cm³/mol. The number of hydrogen-bond donors (Lipinski definition) is 2. The zero-order valence-electron chi connectivity index (χ0n) is 11.7. The number of rotatable bonds is 6. The number of fused-ring (bicyclic) bond motifs is 1. The molecular formula is C14H20BrNO4. The minimum Gasteiger partial charge on any atom is -0.493 e. The maximum atomic E-state index is 11.2. The second-order valence-corrected chi connectivity index (χ2v) is 4.75. The summed E-state index contributed by atoms with van der Waals surface area (Å²) in [5, 5.41) is 13.1. The quantitative estimate of drug-likeness (QED) is 0.789. The Bertz CT molecular complexity index is 564. The van der Waals surface area contributed by atoms with Crippen LogP contribution in [0.2, 0.25) is 0 Å². The standard InChI is InChI=1S/C12H14BrNO4.C2H6/c13-5-3-8(15)4-6-17-9-1-2-10-11(7-9)18-14-12(10)16;1-2/h1-2,7-8,15H,3-6H2,(H,14,16);1-2H3. The van der Waals surface area contributed by atoms with E-state index in [0.29, 0.717) is 36.2 Å². The number of aromatic nitrogens is 1. The highest BCUT2D eigenvalue weighted by molar-refractivity contribution is 9.09. The molecule has 0 fully saturated rings. The number of alkyl halides is 1. The van der Waals surface area contributed by atoms with Crippen LogP contribution in [0.5, 0.6) is 5.75 Å². The van der Waals surface area contributed by atoms with Gasteiger partial charge in [-0.1, -0.05) is 29.8 Å². The number of aliphatic hydroxyl groups is 1.